The predicted octanol–water partition coefficient (Wildman–Crippen LogP) is 3.80. The van der Waals surface area contributed by atoms with Gasteiger partial charge in [0.05, 0.1) is 12.6 Å². The minimum absolute atomic E-state index is 0.146. The molecule has 4 heteroatoms. The molecule has 2 N–H and O–H groups in total. The van der Waals surface area contributed by atoms with Gasteiger partial charge in [0.15, 0.2) is 11.6 Å². The molecule has 2 nitrogen and oxygen atoms in total. The summed E-state index contributed by atoms with van der Waals surface area (Å²) < 4.78 is 32.4. The minimum Gasteiger partial charge on any atom is -0.494 e. The lowest BCUT2D eigenvalue weighted by Crippen LogP contribution is -2.14. The summed E-state index contributed by atoms with van der Waals surface area (Å²) in [7, 11) is 0. The van der Waals surface area contributed by atoms with Gasteiger partial charge in [0.2, 0.25) is 0 Å². The summed E-state index contributed by atoms with van der Waals surface area (Å²) in [5, 5.41) is 0. The second-order valence-corrected chi connectivity index (χ2v) is 4.54. The fourth-order valence-corrected chi connectivity index (χ4v) is 1.93. The highest BCUT2D eigenvalue weighted by Crippen LogP contribution is 2.25. The van der Waals surface area contributed by atoms with Crippen LogP contribution < -0.4 is 10.5 Å². The Morgan fingerprint density at radius 3 is 2.45 bits per heavy atom. The van der Waals surface area contributed by atoms with E-state index in [9.17, 15) is 8.78 Å². The molecule has 0 saturated carbocycles. The van der Waals surface area contributed by atoms with Crippen molar-refractivity contribution in [3.63, 3.8) is 0 Å². The maximum absolute atomic E-state index is 13.7. The first-order valence-electron chi connectivity index (χ1n) is 6.55. The Kier molecular flexibility index (Phi) is 4.69. The van der Waals surface area contributed by atoms with Crippen molar-refractivity contribution in [1.29, 1.82) is 0 Å². The van der Waals surface area contributed by atoms with Gasteiger partial charge in [-0.25, -0.2) is 8.78 Å². The molecule has 0 fully saturated rings. The van der Waals surface area contributed by atoms with Crippen molar-refractivity contribution < 1.29 is 13.5 Å². The second kappa shape index (κ2) is 6.48. The molecular weight excluding hydrogens is 260 g/mol. The number of halogens is 2. The highest BCUT2D eigenvalue weighted by Gasteiger charge is 2.16. The molecule has 1 atom stereocenters. The molecule has 0 saturated heterocycles. The molecule has 0 spiro atoms. The number of hydrogen-bond donors (Lipinski definition) is 1. The Morgan fingerprint density at radius 2 is 1.80 bits per heavy atom. The van der Waals surface area contributed by atoms with E-state index < -0.39 is 17.7 Å². The summed E-state index contributed by atoms with van der Waals surface area (Å²) in [5.74, 6) is -1.05. The zero-order chi connectivity index (χ0) is 14.5. The minimum atomic E-state index is -0.897. The molecular formula is C16H17F2NO. The van der Waals surface area contributed by atoms with Crippen LogP contribution in [-0.4, -0.2) is 6.61 Å². The average Bonchev–Trinajstić information content (AvgIpc) is 2.48. The standard InChI is InChI=1S/C16H17F2NO/c1-2-10-20-12-8-6-11(7-9-12)16(19)13-4-3-5-14(17)15(13)18/h3-9,16H,2,10,19H2,1H3. The molecule has 0 heterocycles. The topological polar surface area (TPSA) is 35.2 Å². The van der Waals surface area contributed by atoms with Crippen molar-refractivity contribution in [3.05, 3.63) is 65.2 Å². The normalized spacial score (nSPS) is 12.2. The van der Waals surface area contributed by atoms with E-state index in [2.05, 4.69) is 0 Å². The molecule has 2 aromatic carbocycles. The number of nitrogens with two attached hydrogens (primary N) is 1. The Bertz CT molecular complexity index is 569. The first kappa shape index (κ1) is 14.5. The Morgan fingerprint density at radius 1 is 1.10 bits per heavy atom. The summed E-state index contributed by atoms with van der Waals surface area (Å²) in [5.41, 5.74) is 6.84. The van der Waals surface area contributed by atoms with Gasteiger partial charge >= 0.3 is 0 Å². The van der Waals surface area contributed by atoms with Crippen molar-refractivity contribution in [1.82, 2.24) is 0 Å². The lowest BCUT2D eigenvalue weighted by Gasteiger charge is -2.14. The fourth-order valence-electron chi connectivity index (χ4n) is 1.93. The van der Waals surface area contributed by atoms with Crippen LogP contribution in [0, 0.1) is 11.6 Å². The molecule has 0 bridgehead atoms. The molecule has 2 aromatic rings. The van der Waals surface area contributed by atoms with Crippen LogP contribution in [0.5, 0.6) is 5.75 Å². The van der Waals surface area contributed by atoms with E-state index in [1.54, 1.807) is 24.3 Å². The molecule has 0 radical (unpaired) electrons. The third-order valence-corrected chi connectivity index (χ3v) is 3.03. The molecule has 0 aliphatic rings. The van der Waals surface area contributed by atoms with E-state index in [1.807, 2.05) is 6.92 Å². The summed E-state index contributed by atoms with van der Waals surface area (Å²) in [6, 6.07) is 10.4. The zero-order valence-corrected chi connectivity index (χ0v) is 11.3. The van der Waals surface area contributed by atoms with Gasteiger partial charge in [-0.3, -0.25) is 0 Å². The van der Waals surface area contributed by atoms with Crippen LogP contribution in [0.25, 0.3) is 0 Å². The molecule has 0 aromatic heterocycles. The Balaban J connectivity index is 2.20. The second-order valence-electron chi connectivity index (χ2n) is 4.54. The largest absolute Gasteiger partial charge is 0.494 e. The smallest absolute Gasteiger partial charge is 0.163 e. The third kappa shape index (κ3) is 3.14. The van der Waals surface area contributed by atoms with E-state index in [4.69, 9.17) is 10.5 Å². The van der Waals surface area contributed by atoms with Gasteiger partial charge in [0.1, 0.15) is 5.75 Å². The molecule has 0 aliphatic heterocycles. The third-order valence-electron chi connectivity index (χ3n) is 3.03. The van der Waals surface area contributed by atoms with E-state index in [-0.39, 0.29) is 5.56 Å². The Labute approximate surface area is 117 Å². The van der Waals surface area contributed by atoms with E-state index in [1.165, 1.54) is 12.1 Å². The van der Waals surface area contributed by atoms with Gasteiger partial charge in [-0.2, -0.15) is 0 Å². The van der Waals surface area contributed by atoms with Crippen LogP contribution in [-0.2, 0) is 0 Å². The van der Waals surface area contributed by atoms with Crippen molar-refractivity contribution in [3.8, 4) is 5.75 Å². The molecule has 2 rings (SSSR count). The highest BCUT2D eigenvalue weighted by molar-refractivity contribution is 5.36. The quantitative estimate of drug-likeness (QED) is 0.902. The number of ether oxygens (including phenoxy) is 1. The number of hydrogen-bond acceptors (Lipinski definition) is 2. The van der Waals surface area contributed by atoms with E-state index in [0.717, 1.165) is 18.2 Å². The first-order valence-corrected chi connectivity index (χ1v) is 6.55. The van der Waals surface area contributed by atoms with E-state index in [0.29, 0.717) is 12.2 Å². The van der Waals surface area contributed by atoms with Gasteiger partial charge in [0, 0.05) is 5.56 Å². The van der Waals surface area contributed by atoms with Gasteiger partial charge < -0.3 is 10.5 Å². The summed E-state index contributed by atoms with van der Waals surface area (Å²) in [4.78, 5) is 0. The number of rotatable bonds is 5. The van der Waals surface area contributed by atoms with Crippen LogP contribution in [0.2, 0.25) is 0 Å². The molecule has 0 aliphatic carbocycles. The highest BCUT2D eigenvalue weighted by atomic mass is 19.2. The van der Waals surface area contributed by atoms with Crippen LogP contribution in [0.4, 0.5) is 8.78 Å². The van der Waals surface area contributed by atoms with Crippen LogP contribution in [0.1, 0.15) is 30.5 Å². The zero-order valence-electron chi connectivity index (χ0n) is 11.3. The summed E-state index contributed by atoms with van der Waals surface area (Å²) in [6.45, 7) is 2.67. The summed E-state index contributed by atoms with van der Waals surface area (Å²) >= 11 is 0. The van der Waals surface area contributed by atoms with Crippen LogP contribution >= 0.6 is 0 Å². The van der Waals surface area contributed by atoms with Crippen molar-refractivity contribution in [2.75, 3.05) is 6.61 Å². The van der Waals surface area contributed by atoms with Gasteiger partial charge in [-0.1, -0.05) is 31.2 Å². The molecule has 106 valence electrons. The molecule has 0 amide bonds. The maximum Gasteiger partial charge on any atom is 0.163 e. The summed E-state index contributed by atoms with van der Waals surface area (Å²) in [6.07, 6.45) is 0.926. The van der Waals surface area contributed by atoms with Crippen LogP contribution in [0.15, 0.2) is 42.5 Å². The van der Waals surface area contributed by atoms with Crippen molar-refractivity contribution in [2.45, 2.75) is 19.4 Å². The average molecular weight is 277 g/mol. The SMILES string of the molecule is CCCOc1ccc(C(N)c2cccc(F)c2F)cc1. The maximum atomic E-state index is 13.7. The van der Waals surface area contributed by atoms with Crippen LogP contribution in [0.3, 0.4) is 0 Å². The molecule has 1 unspecified atom stereocenters. The van der Waals surface area contributed by atoms with Crippen molar-refractivity contribution in [2.24, 2.45) is 5.73 Å². The fraction of sp³-hybridized carbons (Fsp3) is 0.250. The van der Waals surface area contributed by atoms with Gasteiger partial charge in [-0.05, 0) is 30.2 Å². The monoisotopic (exact) mass is 277 g/mol. The van der Waals surface area contributed by atoms with E-state index >= 15 is 0 Å². The van der Waals surface area contributed by atoms with Gasteiger partial charge in [0.25, 0.3) is 0 Å². The lowest BCUT2D eigenvalue weighted by atomic mass is 9.99. The first-order chi connectivity index (χ1) is 9.63. The predicted molar refractivity (Wildman–Crippen MR) is 74.6 cm³/mol. The van der Waals surface area contributed by atoms with Crippen molar-refractivity contribution >= 4 is 0 Å². The molecule has 20 heavy (non-hydrogen) atoms. The van der Waals surface area contributed by atoms with Gasteiger partial charge in [-0.15, -0.1) is 0 Å². The Hall–Kier alpha value is -1.94. The number of benzene rings is 2. The lowest BCUT2D eigenvalue weighted by molar-refractivity contribution is 0.317.